The fourth-order valence-electron chi connectivity index (χ4n) is 2.67. The summed E-state index contributed by atoms with van der Waals surface area (Å²) in [5, 5.41) is 2.69. The van der Waals surface area contributed by atoms with Crippen LogP contribution in [-0.4, -0.2) is 31.1 Å². The van der Waals surface area contributed by atoms with E-state index in [-0.39, 0.29) is 6.03 Å². The van der Waals surface area contributed by atoms with Crippen LogP contribution in [0.2, 0.25) is 0 Å². The second-order valence-electron chi connectivity index (χ2n) is 6.04. The number of carbonyl (C=O) groups excluding carboxylic acids is 1. The molecule has 0 bridgehead atoms. The third-order valence-corrected chi connectivity index (χ3v) is 4.00. The molecule has 1 N–H and O–H groups in total. The molecular formula is C13H26N2O. The van der Waals surface area contributed by atoms with E-state index in [1.54, 1.807) is 7.05 Å². The zero-order valence-electron chi connectivity index (χ0n) is 11.3. The molecular weight excluding hydrogens is 200 g/mol. The zero-order chi connectivity index (χ0) is 12.3. The van der Waals surface area contributed by atoms with E-state index >= 15 is 0 Å². The van der Waals surface area contributed by atoms with Crippen LogP contribution in [0.3, 0.4) is 0 Å². The summed E-state index contributed by atoms with van der Waals surface area (Å²) < 4.78 is 0. The molecule has 94 valence electrons. The summed E-state index contributed by atoms with van der Waals surface area (Å²) in [6, 6.07) is 0.470. The highest BCUT2D eigenvalue weighted by atomic mass is 16.2. The third-order valence-electron chi connectivity index (χ3n) is 4.00. The minimum Gasteiger partial charge on any atom is -0.341 e. The molecule has 0 aromatic heterocycles. The van der Waals surface area contributed by atoms with Crippen molar-refractivity contribution in [2.24, 2.45) is 11.3 Å². The van der Waals surface area contributed by atoms with Crippen molar-refractivity contribution in [1.82, 2.24) is 10.2 Å². The van der Waals surface area contributed by atoms with Crippen molar-refractivity contribution in [2.45, 2.75) is 52.5 Å². The second kappa shape index (κ2) is 5.07. The smallest absolute Gasteiger partial charge is 0.317 e. The van der Waals surface area contributed by atoms with Gasteiger partial charge in [0, 0.05) is 20.1 Å². The van der Waals surface area contributed by atoms with Crippen molar-refractivity contribution in [3.63, 3.8) is 0 Å². The van der Waals surface area contributed by atoms with Crippen LogP contribution in [0, 0.1) is 11.3 Å². The van der Waals surface area contributed by atoms with Crippen LogP contribution in [0.4, 0.5) is 4.79 Å². The van der Waals surface area contributed by atoms with Crippen molar-refractivity contribution in [3.8, 4) is 0 Å². The average Bonchev–Trinajstić information content (AvgIpc) is 2.26. The molecule has 3 heteroatoms. The minimum atomic E-state index is 0.0409. The third kappa shape index (κ3) is 3.13. The minimum absolute atomic E-state index is 0.0409. The van der Waals surface area contributed by atoms with Gasteiger partial charge in [-0.2, -0.15) is 0 Å². The first-order valence-corrected chi connectivity index (χ1v) is 6.30. The molecule has 2 amide bonds. The van der Waals surface area contributed by atoms with Gasteiger partial charge in [-0.3, -0.25) is 0 Å². The van der Waals surface area contributed by atoms with Crippen LogP contribution in [0.1, 0.15) is 46.5 Å². The first kappa shape index (κ1) is 13.3. The van der Waals surface area contributed by atoms with Crippen LogP contribution < -0.4 is 5.32 Å². The second-order valence-corrected chi connectivity index (χ2v) is 6.04. The van der Waals surface area contributed by atoms with E-state index in [0.717, 1.165) is 18.8 Å². The van der Waals surface area contributed by atoms with Gasteiger partial charge in [-0.15, -0.1) is 0 Å². The quantitative estimate of drug-likeness (QED) is 0.732. The van der Waals surface area contributed by atoms with Gasteiger partial charge >= 0.3 is 6.03 Å². The predicted molar refractivity (Wildman–Crippen MR) is 67.4 cm³/mol. The topological polar surface area (TPSA) is 32.3 Å². The maximum absolute atomic E-state index is 11.5. The van der Waals surface area contributed by atoms with Crippen molar-refractivity contribution in [3.05, 3.63) is 0 Å². The molecule has 3 nitrogen and oxygen atoms in total. The Morgan fingerprint density at radius 3 is 2.06 bits per heavy atom. The average molecular weight is 226 g/mol. The molecule has 0 aliphatic heterocycles. The molecule has 1 fully saturated rings. The van der Waals surface area contributed by atoms with E-state index in [9.17, 15) is 4.79 Å². The van der Waals surface area contributed by atoms with E-state index < -0.39 is 0 Å². The monoisotopic (exact) mass is 226 g/mol. The zero-order valence-corrected chi connectivity index (χ0v) is 11.3. The van der Waals surface area contributed by atoms with Gasteiger partial charge in [-0.1, -0.05) is 20.8 Å². The van der Waals surface area contributed by atoms with Crippen molar-refractivity contribution < 1.29 is 4.79 Å². The number of urea groups is 1. The maximum Gasteiger partial charge on any atom is 0.317 e. The summed E-state index contributed by atoms with van der Waals surface area (Å²) in [5.74, 6) is 0.807. The normalized spacial score (nSPS) is 26.3. The van der Waals surface area contributed by atoms with Crippen LogP contribution >= 0.6 is 0 Å². The van der Waals surface area contributed by atoms with Gasteiger partial charge in [0.25, 0.3) is 0 Å². The Labute approximate surface area is 99.6 Å². The highest BCUT2D eigenvalue weighted by Gasteiger charge is 2.31. The van der Waals surface area contributed by atoms with Crippen LogP contribution in [0.25, 0.3) is 0 Å². The fraction of sp³-hybridized carbons (Fsp3) is 0.923. The predicted octanol–water partition coefficient (Wildman–Crippen LogP) is 2.86. The van der Waals surface area contributed by atoms with E-state index in [1.165, 1.54) is 12.8 Å². The number of hydrogen-bond donors (Lipinski definition) is 1. The highest BCUT2D eigenvalue weighted by Crippen LogP contribution is 2.38. The molecule has 0 saturated heterocycles. The Morgan fingerprint density at radius 1 is 1.19 bits per heavy atom. The standard InChI is InChI=1S/C13H26N2O/c1-13(2,3)10-6-8-11(9-7-10)15(5)12(16)14-4/h10-11H,6-9H2,1-5H3,(H,14,16). The van der Waals surface area contributed by atoms with Crippen molar-refractivity contribution >= 4 is 6.03 Å². The van der Waals surface area contributed by atoms with Crippen LogP contribution in [0.15, 0.2) is 0 Å². The van der Waals surface area contributed by atoms with E-state index in [0.29, 0.717) is 11.5 Å². The summed E-state index contributed by atoms with van der Waals surface area (Å²) in [6.07, 6.45) is 4.78. The number of nitrogens with one attached hydrogen (secondary N) is 1. The lowest BCUT2D eigenvalue weighted by atomic mass is 9.71. The number of amides is 2. The first-order valence-electron chi connectivity index (χ1n) is 6.30. The van der Waals surface area contributed by atoms with Crippen LogP contribution in [-0.2, 0) is 0 Å². The van der Waals surface area contributed by atoms with Crippen LogP contribution in [0.5, 0.6) is 0 Å². The Morgan fingerprint density at radius 2 is 1.69 bits per heavy atom. The molecule has 0 spiro atoms. The van der Waals surface area contributed by atoms with Gasteiger partial charge < -0.3 is 10.2 Å². The van der Waals surface area contributed by atoms with Gasteiger partial charge in [0.1, 0.15) is 0 Å². The lowest BCUT2D eigenvalue weighted by Crippen LogP contribution is -2.44. The van der Waals surface area contributed by atoms with Crippen molar-refractivity contribution in [2.75, 3.05) is 14.1 Å². The number of carbonyl (C=O) groups is 1. The van der Waals surface area contributed by atoms with Gasteiger partial charge in [-0.25, -0.2) is 4.79 Å². The summed E-state index contributed by atoms with van der Waals surface area (Å²) >= 11 is 0. The largest absolute Gasteiger partial charge is 0.341 e. The summed E-state index contributed by atoms with van der Waals surface area (Å²) in [4.78, 5) is 13.4. The van der Waals surface area contributed by atoms with E-state index in [1.807, 2.05) is 11.9 Å². The molecule has 0 atom stereocenters. The molecule has 1 aliphatic rings. The number of hydrogen-bond acceptors (Lipinski definition) is 1. The van der Waals surface area contributed by atoms with E-state index in [2.05, 4.69) is 26.1 Å². The van der Waals surface area contributed by atoms with Gasteiger partial charge in [-0.05, 0) is 37.0 Å². The van der Waals surface area contributed by atoms with Gasteiger partial charge in [0.2, 0.25) is 0 Å². The Kier molecular flexibility index (Phi) is 4.22. The van der Waals surface area contributed by atoms with Crippen molar-refractivity contribution in [1.29, 1.82) is 0 Å². The molecule has 1 aliphatic carbocycles. The molecule has 16 heavy (non-hydrogen) atoms. The molecule has 0 radical (unpaired) electrons. The molecule has 1 rings (SSSR count). The molecule has 0 unspecified atom stereocenters. The Balaban J connectivity index is 2.46. The van der Waals surface area contributed by atoms with E-state index in [4.69, 9.17) is 0 Å². The van der Waals surface area contributed by atoms with Gasteiger partial charge in [0.05, 0.1) is 0 Å². The lowest BCUT2D eigenvalue weighted by Gasteiger charge is -2.39. The molecule has 1 saturated carbocycles. The number of nitrogens with zero attached hydrogens (tertiary/aromatic N) is 1. The number of rotatable bonds is 1. The van der Waals surface area contributed by atoms with Gasteiger partial charge in [0.15, 0.2) is 0 Å². The summed E-state index contributed by atoms with van der Waals surface area (Å²) in [6.45, 7) is 6.96. The SMILES string of the molecule is CNC(=O)N(C)C1CCC(C(C)(C)C)CC1. The Hall–Kier alpha value is -0.730. The molecule has 0 aromatic rings. The molecule has 0 heterocycles. The maximum atomic E-state index is 11.5. The molecule has 0 aromatic carbocycles. The summed E-state index contributed by atoms with van der Waals surface area (Å²) in [5.41, 5.74) is 0.413. The fourth-order valence-corrected chi connectivity index (χ4v) is 2.67. The highest BCUT2D eigenvalue weighted by molar-refractivity contribution is 5.73. The Bertz CT molecular complexity index is 237. The first-order chi connectivity index (χ1) is 7.36. The summed E-state index contributed by atoms with van der Waals surface area (Å²) in [7, 11) is 3.60. The lowest BCUT2D eigenvalue weighted by molar-refractivity contribution is 0.120.